The van der Waals surface area contributed by atoms with Gasteiger partial charge in [-0.3, -0.25) is 4.79 Å². The van der Waals surface area contributed by atoms with Gasteiger partial charge in [-0.05, 0) is 38.5 Å². The van der Waals surface area contributed by atoms with Crippen LogP contribution in [-0.2, 0) is 10.3 Å². The Bertz CT molecular complexity index is 383. The van der Waals surface area contributed by atoms with Crippen molar-refractivity contribution in [3.63, 3.8) is 0 Å². The number of hydrogen-bond donors (Lipinski definition) is 2. The molecule has 0 heterocycles. The third kappa shape index (κ3) is 3.46. The zero-order valence-electron chi connectivity index (χ0n) is 10.8. The SMILES string of the molecule is COc1ccc(C(C)(C)NC(=O)C(C)N)cc1. The highest BCUT2D eigenvalue weighted by Gasteiger charge is 2.24. The van der Waals surface area contributed by atoms with Crippen molar-refractivity contribution in [1.82, 2.24) is 5.32 Å². The van der Waals surface area contributed by atoms with Gasteiger partial charge in [-0.1, -0.05) is 12.1 Å². The lowest BCUT2D eigenvalue weighted by atomic mass is 9.94. The largest absolute Gasteiger partial charge is 0.497 e. The first-order valence-corrected chi connectivity index (χ1v) is 5.59. The van der Waals surface area contributed by atoms with Crippen molar-refractivity contribution in [2.75, 3.05) is 7.11 Å². The van der Waals surface area contributed by atoms with Gasteiger partial charge in [0, 0.05) is 0 Å². The van der Waals surface area contributed by atoms with Crippen LogP contribution in [0.5, 0.6) is 5.75 Å². The predicted octanol–water partition coefficient (Wildman–Crippen LogP) is 1.39. The fraction of sp³-hybridized carbons (Fsp3) is 0.462. The number of hydrogen-bond acceptors (Lipinski definition) is 3. The topological polar surface area (TPSA) is 64.3 Å². The number of rotatable bonds is 4. The summed E-state index contributed by atoms with van der Waals surface area (Å²) in [5.41, 5.74) is 6.09. The summed E-state index contributed by atoms with van der Waals surface area (Å²) in [6.45, 7) is 5.55. The van der Waals surface area contributed by atoms with Gasteiger partial charge in [0.25, 0.3) is 0 Å². The molecule has 0 aliphatic rings. The van der Waals surface area contributed by atoms with Crippen molar-refractivity contribution in [3.05, 3.63) is 29.8 Å². The molecule has 1 aromatic carbocycles. The van der Waals surface area contributed by atoms with E-state index in [1.165, 1.54) is 0 Å². The molecular weight excluding hydrogens is 216 g/mol. The third-order valence-corrected chi connectivity index (χ3v) is 2.66. The van der Waals surface area contributed by atoms with Crippen LogP contribution in [0.15, 0.2) is 24.3 Å². The van der Waals surface area contributed by atoms with Crippen LogP contribution in [0, 0.1) is 0 Å². The summed E-state index contributed by atoms with van der Waals surface area (Å²) in [4.78, 5) is 11.6. The molecule has 0 saturated heterocycles. The third-order valence-electron chi connectivity index (χ3n) is 2.66. The van der Waals surface area contributed by atoms with Gasteiger partial charge in [0.1, 0.15) is 5.75 Å². The molecule has 0 spiro atoms. The first-order valence-electron chi connectivity index (χ1n) is 5.59. The lowest BCUT2D eigenvalue weighted by Gasteiger charge is -2.28. The van der Waals surface area contributed by atoms with Crippen LogP contribution >= 0.6 is 0 Å². The highest BCUT2D eigenvalue weighted by Crippen LogP contribution is 2.22. The highest BCUT2D eigenvalue weighted by atomic mass is 16.5. The normalized spacial score (nSPS) is 13.0. The molecule has 0 aliphatic heterocycles. The number of benzene rings is 1. The monoisotopic (exact) mass is 236 g/mol. The molecule has 0 bridgehead atoms. The van der Waals surface area contributed by atoms with Gasteiger partial charge in [-0.15, -0.1) is 0 Å². The summed E-state index contributed by atoms with van der Waals surface area (Å²) >= 11 is 0. The van der Waals surface area contributed by atoms with Gasteiger partial charge < -0.3 is 15.8 Å². The van der Waals surface area contributed by atoms with Crippen LogP contribution in [0.4, 0.5) is 0 Å². The van der Waals surface area contributed by atoms with Gasteiger partial charge in [-0.25, -0.2) is 0 Å². The van der Waals surface area contributed by atoms with E-state index in [0.29, 0.717) is 0 Å². The van der Waals surface area contributed by atoms with E-state index in [2.05, 4.69) is 5.32 Å². The molecule has 0 radical (unpaired) electrons. The summed E-state index contributed by atoms with van der Waals surface area (Å²) < 4.78 is 5.09. The van der Waals surface area contributed by atoms with Crippen LogP contribution in [0.1, 0.15) is 26.3 Å². The lowest BCUT2D eigenvalue weighted by molar-refractivity contribution is -0.123. The molecule has 1 amide bonds. The highest BCUT2D eigenvalue weighted by molar-refractivity contribution is 5.81. The van der Waals surface area contributed by atoms with E-state index in [1.807, 2.05) is 38.1 Å². The molecular formula is C13H20N2O2. The van der Waals surface area contributed by atoms with E-state index in [0.717, 1.165) is 11.3 Å². The van der Waals surface area contributed by atoms with Crippen LogP contribution in [-0.4, -0.2) is 19.1 Å². The second-order valence-electron chi connectivity index (χ2n) is 4.63. The summed E-state index contributed by atoms with van der Waals surface area (Å²) in [5.74, 6) is 0.633. The molecule has 0 aromatic heterocycles. The number of nitrogens with two attached hydrogens (primary N) is 1. The van der Waals surface area contributed by atoms with Crippen molar-refractivity contribution in [1.29, 1.82) is 0 Å². The average molecular weight is 236 g/mol. The number of methoxy groups -OCH3 is 1. The van der Waals surface area contributed by atoms with E-state index in [9.17, 15) is 4.79 Å². The second-order valence-corrected chi connectivity index (χ2v) is 4.63. The number of amides is 1. The molecule has 0 fully saturated rings. The molecule has 1 rings (SSSR count). The van der Waals surface area contributed by atoms with Crippen LogP contribution in [0.3, 0.4) is 0 Å². The second kappa shape index (κ2) is 5.19. The zero-order chi connectivity index (χ0) is 13.1. The Morgan fingerprint density at radius 3 is 2.29 bits per heavy atom. The lowest BCUT2D eigenvalue weighted by Crippen LogP contribution is -2.47. The minimum Gasteiger partial charge on any atom is -0.497 e. The van der Waals surface area contributed by atoms with Crippen molar-refractivity contribution < 1.29 is 9.53 Å². The molecule has 17 heavy (non-hydrogen) atoms. The molecule has 0 aliphatic carbocycles. The van der Waals surface area contributed by atoms with Crippen molar-refractivity contribution >= 4 is 5.91 Å². The van der Waals surface area contributed by atoms with Gasteiger partial charge in [0.2, 0.25) is 5.91 Å². The van der Waals surface area contributed by atoms with Crippen LogP contribution in [0.25, 0.3) is 0 Å². The maximum Gasteiger partial charge on any atom is 0.237 e. The van der Waals surface area contributed by atoms with Gasteiger partial charge in [0.15, 0.2) is 0 Å². The van der Waals surface area contributed by atoms with E-state index in [-0.39, 0.29) is 5.91 Å². The number of carbonyl (C=O) groups is 1. The Balaban J connectivity index is 2.84. The van der Waals surface area contributed by atoms with Gasteiger partial charge in [-0.2, -0.15) is 0 Å². The maximum absolute atomic E-state index is 11.6. The molecule has 1 atom stereocenters. The average Bonchev–Trinajstić information content (AvgIpc) is 2.28. The van der Waals surface area contributed by atoms with E-state index < -0.39 is 11.6 Å². The van der Waals surface area contributed by atoms with Crippen LogP contribution in [0.2, 0.25) is 0 Å². The van der Waals surface area contributed by atoms with Gasteiger partial charge in [0.05, 0.1) is 18.7 Å². The summed E-state index contributed by atoms with van der Waals surface area (Å²) in [6, 6.07) is 7.10. The predicted molar refractivity (Wildman–Crippen MR) is 67.8 cm³/mol. The maximum atomic E-state index is 11.6. The Morgan fingerprint density at radius 1 is 1.35 bits per heavy atom. The minimum atomic E-state index is -0.507. The smallest absolute Gasteiger partial charge is 0.237 e. The molecule has 1 aromatic rings. The Morgan fingerprint density at radius 2 is 1.88 bits per heavy atom. The molecule has 4 heteroatoms. The molecule has 0 saturated carbocycles. The Hall–Kier alpha value is -1.55. The number of carbonyl (C=O) groups excluding carboxylic acids is 1. The summed E-state index contributed by atoms with van der Waals surface area (Å²) in [5, 5.41) is 2.90. The molecule has 3 N–H and O–H groups in total. The van der Waals surface area contributed by atoms with Gasteiger partial charge >= 0.3 is 0 Å². The molecule has 4 nitrogen and oxygen atoms in total. The molecule has 94 valence electrons. The van der Waals surface area contributed by atoms with Crippen molar-refractivity contribution in [2.24, 2.45) is 5.73 Å². The Kier molecular flexibility index (Phi) is 4.12. The van der Waals surface area contributed by atoms with E-state index in [4.69, 9.17) is 10.5 Å². The number of ether oxygens (including phenoxy) is 1. The first-order chi connectivity index (χ1) is 7.86. The van der Waals surface area contributed by atoms with Crippen molar-refractivity contribution in [3.8, 4) is 5.75 Å². The summed E-state index contributed by atoms with van der Waals surface area (Å²) in [7, 11) is 1.62. The van der Waals surface area contributed by atoms with E-state index in [1.54, 1.807) is 14.0 Å². The Labute approximate surface area is 102 Å². The first kappa shape index (κ1) is 13.5. The quantitative estimate of drug-likeness (QED) is 0.830. The minimum absolute atomic E-state index is 0.161. The fourth-order valence-corrected chi connectivity index (χ4v) is 1.50. The van der Waals surface area contributed by atoms with E-state index >= 15 is 0 Å². The summed E-state index contributed by atoms with van der Waals surface area (Å²) in [6.07, 6.45) is 0. The fourth-order valence-electron chi connectivity index (χ4n) is 1.50. The standard InChI is InChI=1S/C13H20N2O2/c1-9(14)12(16)15-13(2,3)10-5-7-11(17-4)8-6-10/h5-9H,14H2,1-4H3,(H,15,16). The molecule has 1 unspecified atom stereocenters. The number of nitrogens with one attached hydrogen (secondary N) is 1. The zero-order valence-corrected chi connectivity index (χ0v) is 10.8. The van der Waals surface area contributed by atoms with Crippen LogP contribution < -0.4 is 15.8 Å². The van der Waals surface area contributed by atoms with Crippen molar-refractivity contribution in [2.45, 2.75) is 32.4 Å².